The van der Waals surface area contributed by atoms with Gasteiger partial charge in [0.15, 0.2) is 11.6 Å². The summed E-state index contributed by atoms with van der Waals surface area (Å²) in [4.78, 5) is 44.4. The number of amides is 2. The summed E-state index contributed by atoms with van der Waals surface area (Å²) in [5.74, 6) is -1.95. The van der Waals surface area contributed by atoms with Gasteiger partial charge < -0.3 is 16.0 Å². The summed E-state index contributed by atoms with van der Waals surface area (Å²) in [6.07, 6.45) is 2.36. The van der Waals surface area contributed by atoms with Gasteiger partial charge in [-0.1, -0.05) is 12.1 Å². The molecule has 2 bridgehead atoms. The summed E-state index contributed by atoms with van der Waals surface area (Å²) in [5, 5.41) is 14.0. The number of nitro benzene ring substituents is 1. The van der Waals surface area contributed by atoms with Gasteiger partial charge in [0.25, 0.3) is 5.69 Å². The van der Waals surface area contributed by atoms with Crippen LogP contribution >= 0.6 is 11.6 Å². The number of nitrogens with one attached hydrogen (secondary N) is 1. The first kappa shape index (κ1) is 23.8. The number of nitrogens with zero attached hydrogens (tertiary/aromatic N) is 4. The van der Waals surface area contributed by atoms with Crippen molar-refractivity contribution in [2.75, 3.05) is 11.9 Å². The Labute approximate surface area is 199 Å². The largest absolute Gasteiger partial charge is 0.369 e. The normalized spacial score (nSPS) is 25.2. The number of halogens is 2. The number of nitro groups is 1. The van der Waals surface area contributed by atoms with Gasteiger partial charge in [-0.05, 0) is 47.8 Å². The average molecular weight is 491 g/mol. The number of hydrogen-bond donors (Lipinski definition) is 2. The molecule has 1 aromatic carbocycles. The quantitative estimate of drug-likeness (QED) is 0.329. The van der Waals surface area contributed by atoms with Crippen molar-refractivity contribution in [2.45, 2.75) is 32.4 Å². The molecule has 10 nitrogen and oxygen atoms in total. The number of anilines is 1. The SMILES string of the molecule is CC(=O)N(Cc1cccc([N+](=O)[O-])c1)C[C@@H]1C[C@H]2C[C@H]1[C@@H](Nc1nc(Cl)ncc1F)[C@H]2C(N)=O. The molecule has 180 valence electrons. The van der Waals surface area contributed by atoms with Crippen molar-refractivity contribution in [3.05, 3.63) is 57.2 Å². The first-order valence-corrected chi connectivity index (χ1v) is 11.2. The van der Waals surface area contributed by atoms with Crippen molar-refractivity contribution in [3.63, 3.8) is 0 Å². The molecular weight excluding hydrogens is 467 g/mol. The molecule has 2 aliphatic rings. The fourth-order valence-electron chi connectivity index (χ4n) is 5.49. The predicted octanol–water partition coefficient (Wildman–Crippen LogP) is 2.76. The van der Waals surface area contributed by atoms with Gasteiger partial charge in [0.05, 0.1) is 17.0 Å². The van der Waals surface area contributed by atoms with Gasteiger partial charge in [0.1, 0.15) is 0 Å². The van der Waals surface area contributed by atoms with Gasteiger partial charge in [0, 0.05) is 38.2 Å². The van der Waals surface area contributed by atoms with Crippen LogP contribution in [0.5, 0.6) is 0 Å². The van der Waals surface area contributed by atoms with Crippen LogP contribution in [0.3, 0.4) is 0 Å². The van der Waals surface area contributed by atoms with E-state index < -0.39 is 28.6 Å². The molecule has 2 aromatic rings. The third-order valence-corrected chi connectivity index (χ3v) is 7.07. The zero-order valence-electron chi connectivity index (χ0n) is 18.4. The molecule has 5 atom stereocenters. The van der Waals surface area contributed by atoms with E-state index in [1.165, 1.54) is 19.1 Å². The maximum atomic E-state index is 14.3. The van der Waals surface area contributed by atoms with Crippen molar-refractivity contribution in [1.29, 1.82) is 0 Å². The van der Waals surface area contributed by atoms with Crippen LogP contribution in [0.25, 0.3) is 0 Å². The Morgan fingerprint density at radius 1 is 1.38 bits per heavy atom. The molecule has 0 unspecified atom stereocenters. The monoisotopic (exact) mass is 490 g/mol. The molecular formula is C22H24ClFN6O4. The molecule has 2 amide bonds. The lowest BCUT2D eigenvalue weighted by atomic mass is 9.77. The predicted molar refractivity (Wildman–Crippen MR) is 121 cm³/mol. The Bertz CT molecular complexity index is 1130. The van der Waals surface area contributed by atoms with Crippen LogP contribution < -0.4 is 11.1 Å². The van der Waals surface area contributed by atoms with Crippen LogP contribution in [0, 0.1) is 39.6 Å². The lowest BCUT2D eigenvalue weighted by molar-refractivity contribution is -0.384. The molecule has 2 aliphatic carbocycles. The van der Waals surface area contributed by atoms with Crippen LogP contribution in [0.1, 0.15) is 25.3 Å². The molecule has 2 saturated carbocycles. The first-order valence-electron chi connectivity index (χ1n) is 10.9. The zero-order chi connectivity index (χ0) is 24.6. The van der Waals surface area contributed by atoms with Gasteiger partial charge >= 0.3 is 0 Å². The number of fused-ring (bicyclic) bond motifs is 2. The molecule has 2 fully saturated rings. The van der Waals surface area contributed by atoms with Gasteiger partial charge in [-0.15, -0.1) is 0 Å². The molecule has 34 heavy (non-hydrogen) atoms. The van der Waals surface area contributed by atoms with Crippen LogP contribution in [-0.4, -0.2) is 44.2 Å². The highest BCUT2D eigenvalue weighted by molar-refractivity contribution is 6.28. The van der Waals surface area contributed by atoms with Crippen LogP contribution in [0.4, 0.5) is 15.9 Å². The van der Waals surface area contributed by atoms with Gasteiger partial charge in [-0.25, -0.2) is 9.37 Å². The maximum Gasteiger partial charge on any atom is 0.269 e. The highest BCUT2D eigenvalue weighted by atomic mass is 35.5. The number of primary amides is 1. The van der Waals surface area contributed by atoms with E-state index in [-0.39, 0.29) is 47.0 Å². The number of carbonyl (C=O) groups excluding carboxylic acids is 2. The Balaban J connectivity index is 1.53. The van der Waals surface area contributed by atoms with E-state index in [9.17, 15) is 24.1 Å². The molecule has 4 rings (SSSR count). The van der Waals surface area contributed by atoms with Crippen LogP contribution in [-0.2, 0) is 16.1 Å². The topological polar surface area (TPSA) is 144 Å². The maximum absolute atomic E-state index is 14.3. The van der Waals surface area contributed by atoms with Crippen molar-refractivity contribution < 1.29 is 18.9 Å². The summed E-state index contributed by atoms with van der Waals surface area (Å²) < 4.78 is 14.3. The van der Waals surface area contributed by atoms with E-state index in [1.807, 2.05) is 0 Å². The zero-order valence-corrected chi connectivity index (χ0v) is 19.1. The van der Waals surface area contributed by atoms with E-state index in [0.717, 1.165) is 6.20 Å². The van der Waals surface area contributed by atoms with Crippen LogP contribution in [0.2, 0.25) is 5.28 Å². The molecule has 1 aromatic heterocycles. The number of non-ortho nitro benzene ring substituents is 1. The van der Waals surface area contributed by atoms with Crippen molar-refractivity contribution in [1.82, 2.24) is 14.9 Å². The number of nitrogens with two attached hydrogens (primary N) is 1. The fourth-order valence-corrected chi connectivity index (χ4v) is 5.62. The van der Waals surface area contributed by atoms with E-state index in [1.54, 1.807) is 17.0 Å². The third-order valence-electron chi connectivity index (χ3n) is 6.88. The second kappa shape index (κ2) is 9.49. The lowest BCUT2D eigenvalue weighted by Gasteiger charge is -2.37. The van der Waals surface area contributed by atoms with Crippen molar-refractivity contribution >= 4 is 34.9 Å². The minimum absolute atomic E-state index is 0.00279. The first-order chi connectivity index (χ1) is 16.1. The van der Waals surface area contributed by atoms with E-state index in [2.05, 4.69) is 15.3 Å². The van der Waals surface area contributed by atoms with Gasteiger partial charge in [-0.3, -0.25) is 19.7 Å². The highest BCUT2D eigenvalue weighted by Gasteiger charge is 2.55. The second-order valence-corrected chi connectivity index (χ2v) is 9.25. The van der Waals surface area contributed by atoms with Gasteiger partial charge in [0.2, 0.25) is 17.1 Å². The Kier molecular flexibility index (Phi) is 6.65. The van der Waals surface area contributed by atoms with E-state index in [4.69, 9.17) is 17.3 Å². The number of hydrogen-bond acceptors (Lipinski definition) is 7. The standard InChI is InChI=1S/C22H24ClFN6O4/c1-11(31)29(9-12-3-2-4-15(5-12)30(33)34)10-14-6-13-7-16(14)19(18(13)20(25)32)27-21-17(24)8-26-22(23)28-21/h2-5,8,13-14,16,18-19H,6-7,9-10H2,1H3,(H2,25,32)(H,26,27,28)/t13-,14-,16+,18-,19+/m0/s1. The minimum atomic E-state index is -0.692. The number of benzene rings is 1. The third kappa shape index (κ3) is 4.79. The summed E-state index contributed by atoms with van der Waals surface area (Å²) >= 11 is 5.81. The highest BCUT2D eigenvalue weighted by Crippen LogP contribution is 2.53. The van der Waals surface area contributed by atoms with Crippen molar-refractivity contribution in [2.24, 2.45) is 29.4 Å². The molecule has 3 N–H and O–H groups in total. The molecule has 0 saturated heterocycles. The fraction of sp³-hybridized carbons (Fsp3) is 0.455. The number of carbonyl (C=O) groups is 2. The Hall–Kier alpha value is -3.34. The Morgan fingerprint density at radius 2 is 2.15 bits per heavy atom. The minimum Gasteiger partial charge on any atom is -0.369 e. The molecule has 0 aliphatic heterocycles. The summed E-state index contributed by atoms with van der Waals surface area (Å²) in [5.41, 5.74) is 6.29. The average Bonchev–Trinajstić information content (AvgIpc) is 3.34. The smallest absolute Gasteiger partial charge is 0.269 e. The molecule has 1 heterocycles. The lowest BCUT2D eigenvalue weighted by Crippen LogP contribution is -2.47. The van der Waals surface area contributed by atoms with Gasteiger partial charge in [-0.2, -0.15) is 4.98 Å². The second-order valence-electron chi connectivity index (χ2n) is 8.92. The molecule has 0 radical (unpaired) electrons. The Morgan fingerprint density at radius 3 is 2.82 bits per heavy atom. The molecule has 0 spiro atoms. The van der Waals surface area contributed by atoms with E-state index >= 15 is 0 Å². The van der Waals surface area contributed by atoms with Crippen LogP contribution in [0.15, 0.2) is 30.5 Å². The summed E-state index contributed by atoms with van der Waals surface area (Å²) in [6, 6.07) is 5.71. The summed E-state index contributed by atoms with van der Waals surface area (Å²) in [7, 11) is 0. The van der Waals surface area contributed by atoms with E-state index in [0.29, 0.717) is 24.9 Å². The number of rotatable bonds is 8. The van der Waals surface area contributed by atoms with Crippen molar-refractivity contribution in [3.8, 4) is 0 Å². The summed E-state index contributed by atoms with van der Waals surface area (Å²) in [6.45, 7) is 2.07. The molecule has 12 heteroatoms. The number of aromatic nitrogens is 2.